The highest BCUT2D eigenvalue weighted by molar-refractivity contribution is 7.83. The molecule has 0 spiro atoms. The number of hydrogen-bond donors (Lipinski definition) is 1. The zero-order chi connectivity index (χ0) is 8.27. The summed E-state index contributed by atoms with van der Waals surface area (Å²) >= 11 is 0. The molecular formula is C7H16N2OS. The lowest BCUT2D eigenvalue weighted by Gasteiger charge is -2.29. The molecule has 1 rings (SSSR count). The van der Waals surface area contributed by atoms with E-state index in [9.17, 15) is 4.21 Å². The van der Waals surface area contributed by atoms with Gasteiger partial charge in [0.2, 0.25) is 0 Å². The predicted octanol–water partition coefficient (Wildman–Crippen LogP) is 0.0931. The molecule has 0 aliphatic carbocycles. The molecule has 66 valence electrons. The van der Waals surface area contributed by atoms with Crippen LogP contribution in [0.4, 0.5) is 0 Å². The van der Waals surface area contributed by atoms with Crippen molar-refractivity contribution < 1.29 is 4.21 Å². The Balaban J connectivity index is 2.30. The molecule has 1 unspecified atom stereocenters. The van der Waals surface area contributed by atoms with E-state index >= 15 is 0 Å². The normalized spacial score (nSPS) is 25.3. The zero-order valence-electron chi connectivity index (χ0n) is 6.95. The van der Waals surface area contributed by atoms with Crippen LogP contribution in [0.2, 0.25) is 0 Å². The summed E-state index contributed by atoms with van der Waals surface area (Å²) in [6, 6.07) is 0. The molecule has 4 heteroatoms. The lowest BCUT2D eigenvalue weighted by Crippen LogP contribution is -2.38. The van der Waals surface area contributed by atoms with Gasteiger partial charge in [0.1, 0.15) is 0 Å². The van der Waals surface area contributed by atoms with Crippen LogP contribution >= 0.6 is 0 Å². The highest BCUT2D eigenvalue weighted by atomic mass is 32.2. The minimum absolute atomic E-state index is 0.248. The van der Waals surface area contributed by atoms with Crippen molar-refractivity contribution in [3.05, 3.63) is 0 Å². The first kappa shape index (κ1) is 9.16. The predicted molar refractivity (Wildman–Crippen MR) is 47.5 cm³/mol. The molecule has 1 aliphatic heterocycles. The molecule has 0 bridgehead atoms. The van der Waals surface area contributed by atoms with Crippen LogP contribution in [0.15, 0.2) is 0 Å². The number of nitrogens with zero attached hydrogens (tertiary/aromatic N) is 1. The van der Waals surface area contributed by atoms with Gasteiger partial charge in [-0.1, -0.05) is 6.92 Å². The molecule has 0 aromatic heterocycles. The summed E-state index contributed by atoms with van der Waals surface area (Å²) in [5.41, 5.74) is 0. The molecule has 2 N–H and O–H groups in total. The lowest BCUT2D eigenvalue weighted by molar-refractivity contribution is 0.243. The Hall–Kier alpha value is 0.0700. The van der Waals surface area contributed by atoms with Gasteiger partial charge < -0.3 is 4.90 Å². The SMILES string of the molecule is CCN1CCC(S(N)=O)CC1. The highest BCUT2D eigenvalue weighted by Crippen LogP contribution is 2.12. The van der Waals surface area contributed by atoms with Crippen molar-refractivity contribution in [2.24, 2.45) is 5.14 Å². The largest absolute Gasteiger partial charge is 0.304 e. The van der Waals surface area contributed by atoms with E-state index in [0.717, 1.165) is 32.5 Å². The smallest absolute Gasteiger partial charge is 0.0920 e. The van der Waals surface area contributed by atoms with E-state index in [2.05, 4.69) is 11.8 Å². The summed E-state index contributed by atoms with van der Waals surface area (Å²) < 4.78 is 10.9. The van der Waals surface area contributed by atoms with Gasteiger partial charge in [0.05, 0.1) is 16.2 Å². The first-order valence-corrected chi connectivity index (χ1v) is 5.39. The van der Waals surface area contributed by atoms with Gasteiger partial charge >= 0.3 is 0 Å². The van der Waals surface area contributed by atoms with Crippen LogP contribution in [0.1, 0.15) is 19.8 Å². The first-order valence-electron chi connectivity index (χ1n) is 4.11. The van der Waals surface area contributed by atoms with E-state index in [4.69, 9.17) is 5.14 Å². The maximum absolute atomic E-state index is 10.9. The minimum atomic E-state index is -1.10. The Labute approximate surface area is 70.5 Å². The van der Waals surface area contributed by atoms with Crippen LogP contribution in [-0.4, -0.2) is 34.0 Å². The third-order valence-corrected chi connectivity index (χ3v) is 3.44. The molecular weight excluding hydrogens is 160 g/mol. The van der Waals surface area contributed by atoms with Gasteiger partial charge in [-0.3, -0.25) is 5.14 Å². The number of rotatable bonds is 2. The molecule has 0 saturated carbocycles. The number of nitrogens with two attached hydrogens (primary N) is 1. The van der Waals surface area contributed by atoms with Crippen LogP contribution < -0.4 is 5.14 Å². The van der Waals surface area contributed by atoms with Crippen LogP contribution in [0.25, 0.3) is 0 Å². The molecule has 1 heterocycles. The Bertz CT molecular complexity index is 143. The second kappa shape index (κ2) is 4.18. The fraction of sp³-hybridized carbons (Fsp3) is 1.00. The van der Waals surface area contributed by atoms with Crippen molar-refractivity contribution in [2.75, 3.05) is 19.6 Å². The molecule has 11 heavy (non-hydrogen) atoms. The summed E-state index contributed by atoms with van der Waals surface area (Å²) in [6.45, 7) is 5.37. The number of piperidine rings is 1. The van der Waals surface area contributed by atoms with Crippen molar-refractivity contribution in [1.82, 2.24) is 4.90 Å². The van der Waals surface area contributed by atoms with Crippen molar-refractivity contribution in [3.63, 3.8) is 0 Å². The Kier molecular flexibility index (Phi) is 3.48. The fourth-order valence-electron chi connectivity index (χ4n) is 1.46. The summed E-state index contributed by atoms with van der Waals surface area (Å²) in [6.07, 6.45) is 1.99. The molecule has 1 saturated heterocycles. The van der Waals surface area contributed by atoms with Gasteiger partial charge in [-0.25, -0.2) is 4.21 Å². The van der Waals surface area contributed by atoms with Gasteiger partial charge in [-0.15, -0.1) is 0 Å². The average molecular weight is 176 g/mol. The van der Waals surface area contributed by atoms with Gasteiger partial charge in [0.15, 0.2) is 0 Å². The number of hydrogen-bond acceptors (Lipinski definition) is 2. The average Bonchev–Trinajstić information content (AvgIpc) is 2.05. The van der Waals surface area contributed by atoms with E-state index in [-0.39, 0.29) is 5.25 Å². The van der Waals surface area contributed by atoms with Crippen molar-refractivity contribution in [1.29, 1.82) is 0 Å². The van der Waals surface area contributed by atoms with E-state index in [0.29, 0.717) is 0 Å². The second-order valence-electron chi connectivity index (χ2n) is 2.96. The minimum Gasteiger partial charge on any atom is -0.304 e. The molecule has 1 atom stereocenters. The van der Waals surface area contributed by atoms with E-state index in [1.54, 1.807) is 0 Å². The monoisotopic (exact) mass is 176 g/mol. The third-order valence-electron chi connectivity index (χ3n) is 2.31. The first-order chi connectivity index (χ1) is 5.24. The molecule has 1 fully saturated rings. The van der Waals surface area contributed by atoms with Crippen molar-refractivity contribution in [2.45, 2.75) is 25.0 Å². The van der Waals surface area contributed by atoms with Crippen LogP contribution in [0.5, 0.6) is 0 Å². The Morgan fingerprint density at radius 2 is 2.09 bits per heavy atom. The fourth-order valence-corrected chi connectivity index (χ4v) is 2.13. The molecule has 1 aliphatic rings. The molecule has 0 amide bonds. The van der Waals surface area contributed by atoms with Crippen LogP contribution in [0.3, 0.4) is 0 Å². The summed E-state index contributed by atoms with van der Waals surface area (Å²) in [7, 11) is -1.10. The van der Waals surface area contributed by atoms with E-state index in [1.807, 2.05) is 0 Å². The molecule has 3 nitrogen and oxygen atoms in total. The molecule has 0 aromatic rings. The van der Waals surface area contributed by atoms with E-state index < -0.39 is 11.0 Å². The standard InChI is InChI=1S/C7H16N2OS/c1-2-9-5-3-7(4-6-9)11(8)10/h7H,2-6,8H2,1H3. The summed E-state index contributed by atoms with van der Waals surface area (Å²) in [4.78, 5) is 2.36. The second-order valence-corrected chi connectivity index (χ2v) is 4.29. The maximum atomic E-state index is 10.9. The number of likely N-dealkylation sites (tertiary alicyclic amines) is 1. The topological polar surface area (TPSA) is 46.3 Å². The molecule has 0 aromatic carbocycles. The van der Waals surface area contributed by atoms with Gasteiger partial charge in [-0.2, -0.15) is 0 Å². The van der Waals surface area contributed by atoms with Gasteiger partial charge in [0, 0.05) is 0 Å². The zero-order valence-corrected chi connectivity index (χ0v) is 7.77. The Morgan fingerprint density at radius 1 is 1.55 bits per heavy atom. The van der Waals surface area contributed by atoms with Gasteiger partial charge in [0.25, 0.3) is 0 Å². The van der Waals surface area contributed by atoms with Gasteiger partial charge in [-0.05, 0) is 32.5 Å². The highest BCUT2D eigenvalue weighted by Gasteiger charge is 2.20. The summed E-state index contributed by atoms with van der Waals surface area (Å²) in [5, 5.41) is 5.56. The van der Waals surface area contributed by atoms with Crippen molar-refractivity contribution in [3.8, 4) is 0 Å². The third kappa shape index (κ3) is 2.54. The van der Waals surface area contributed by atoms with E-state index in [1.165, 1.54) is 0 Å². The lowest BCUT2D eigenvalue weighted by atomic mass is 10.1. The van der Waals surface area contributed by atoms with Crippen LogP contribution in [0, 0.1) is 0 Å². The summed E-state index contributed by atoms with van der Waals surface area (Å²) in [5.74, 6) is 0. The molecule has 0 radical (unpaired) electrons. The quantitative estimate of drug-likeness (QED) is 0.648. The van der Waals surface area contributed by atoms with Crippen LogP contribution in [-0.2, 0) is 11.0 Å². The maximum Gasteiger partial charge on any atom is 0.0920 e. The Morgan fingerprint density at radius 3 is 2.45 bits per heavy atom. The van der Waals surface area contributed by atoms with Crippen molar-refractivity contribution >= 4 is 11.0 Å².